The summed E-state index contributed by atoms with van der Waals surface area (Å²) in [5.41, 5.74) is 0. The second-order valence-electron chi connectivity index (χ2n) is 3.15. The van der Waals surface area contributed by atoms with Crippen molar-refractivity contribution in [2.75, 3.05) is 25.4 Å². The van der Waals surface area contributed by atoms with E-state index in [2.05, 4.69) is 9.89 Å². The van der Waals surface area contributed by atoms with Gasteiger partial charge in [0.15, 0.2) is 10.3 Å². The van der Waals surface area contributed by atoms with Crippen LogP contribution in [0.3, 0.4) is 0 Å². The summed E-state index contributed by atoms with van der Waals surface area (Å²) in [7, 11) is 0. The molecular weight excluding hydrogens is 204 g/mol. The van der Waals surface area contributed by atoms with Gasteiger partial charge in [-0.15, -0.1) is 0 Å². The third kappa shape index (κ3) is 2.20. The van der Waals surface area contributed by atoms with Gasteiger partial charge in [-0.2, -0.15) is 0 Å². The molecule has 2 aliphatic heterocycles. The SMILES string of the molecule is CC(=O)SC1CN(C2=NCCS2)C1. The Labute approximate surface area is 86.3 Å². The third-order valence-corrected chi connectivity index (χ3v) is 4.02. The van der Waals surface area contributed by atoms with Gasteiger partial charge in [0.05, 0.1) is 6.54 Å². The molecule has 72 valence electrons. The number of nitrogens with zero attached hydrogens (tertiary/aromatic N) is 2. The smallest absolute Gasteiger partial charge is 0.186 e. The lowest BCUT2D eigenvalue weighted by molar-refractivity contribution is -0.109. The van der Waals surface area contributed by atoms with E-state index in [0.29, 0.717) is 5.25 Å². The first-order valence-electron chi connectivity index (χ1n) is 4.35. The quantitative estimate of drug-likeness (QED) is 0.656. The second kappa shape index (κ2) is 3.92. The highest BCUT2D eigenvalue weighted by Gasteiger charge is 2.31. The summed E-state index contributed by atoms with van der Waals surface area (Å²) in [5.74, 6) is 1.12. The molecule has 2 aliphatic rings. The minimum absolute atomic E-state index is 0.227. The van der Waals surface area contributed by atoms with Crippen LogP contribution in [0.25, 0.3) is 0 Å². The van der Waals surface area contributed by atoms with Gasteiger partial charge in [-0.1, -0.05) is 23.5 Å². The topological polar surface area (TPSA) is 32.7 Å². The van der Waals surface area contributed by atoms with E-state index in [1.165, 1.54) is 16.9 Å². The normalized spacial score (nSPS) is 22.8. The largest absolute Gasteiger partial charge is 0.349 e. The Bertz CT molecular complexity index is 249. The van der Waals surface area contributed by atoms with Crippen LogP contribution in [0.2, 0.25) is 0 Å². The van der Waals surface area contributed by atoms with Crippen LogP contribution in [-0.2, 0) is 4.79 Å². The molecule has 1 fully saturated rings. The molecule has 0 aromatic heterocycles. The minimum atomic E-state index is 0.227. The first-order valence-corrected chi connectivity index (χ1v) is 6.21. The molecule has 1 saturated heterocycles. The van der Waals surface area contributed by atoms with Gasteiger partial charge < -0.3 is 4.90 Å². The van der Waals surface area contributed by atoms with Crippen LogP contribution in [0.4, 0.5) is 0 Å². The molecule has 0 aliphatic carbocycles. The number of carbonyl (C=O) groups excluding carboxylic acids is 1. The van der Waals surface area contributed by atoms with Crippen molar-refractivity contribution in [3.8, 4) is 0 Å². The van der Waals surface area contributed by atoms with Gasteiger partial charge in [0.2, 0.25) is 0 Å². The monoisotopic (exact) mass is 216 g/mol. The van der Waals surface area contributed by atoms with Crippen molar-refractivity contribution in [1.82, 2.24) is 4.90 Å². The number of amidine groups is 1. The van der Waals surface area contributed by atoms with Gasteiger partial charge in [-0.25, -0.2) is 0 Å². The van der Waals surface area contributed by atoms with Crippen LogP contribution < -0.4 is 0 Å². The Balaban J connectivity index is 1.75. The predicted molar refractivity (Wildman–Crippen MR) is 58.4 cm³/mol. The van der Waals surface area contributed by atoms with Crippen molar-refractivity contribution in [3.05, 3.63) is 0 Å². The molecule has 0 saturated carbocycles. The maximum atomic E-state index is 10.8. The Hall–Kier alpha value is -0.160. The summed E-state index contributed by atoms with van der Waals surface area (Å²) in [6, 6.07) is 0. The number of carbonyl (C=O) groups is 1. The molecule has 2 heterocycles. The van der Waals surface area contributed by atoms with Crippen LogP contribution >= 0.6 is 23.5 Å². The van der Waals surface area contributed by atoms with Crippen molar-refractivity contribution in [3.63, 3.8) is 0 Å². The Morgan fingerprint density at radius 3 is 3.00 bits per heavy atom. The summed E-state index contributed by atoms with van der Waals surface area (Å²) in [4.78, 5) is 17.4. The molecule has 0 atom stereocenters. The molecule has 0 spiro atoms. The van der Waals surface area contributed by atoms with E-state index in [1.807, 2.05) is 11.8 Å². The number of rotatable bonds is 1. The van der Waals surface area contributed by atoms with Crippen LogP contribution in [-0.4, -0.2) is 45.8 Å². The summed E-state index contributed by atoms with van der Waals surface area (Å²) in [6.07, 6.45) is 0. The molecule has 0 unspecified atom stereocenters. The van der Waals surface area contributed by atoms with E-state index in [-0.39, 0.29) is 5.12 Å². The molecule has 3 nitrogen and oxygen atoms in total. The van der Waals surface area contributed by atoms with Crippen LogP contribution in [0.5, 0.6) is 0 Å². The van der Waals surface area contributed by atoms with Gasteiger partial charge >= 0.3 is 0 Å². The van der Waals surface area contributed by atoms with E-state index in [0.717, 1.165) is 25.4 Å². The highest BCUT2D eigenvalue weighted by molar-refractivity contribution is 8.14. The fraction of sp³-hybridized carbons (Fsp3) is 0.750. The lowest BCUT2D eigenvalue weighted by Crippen LogP contribution is -2.51. The summed E-state index contributed by atoms with van der Waals surface area (Å²) >= 11 is 3.29. The molecule has 5 heteroatoms. The zero-order valence-electron chi connectivity index (χ0n) is 7.52. The number of hydrogen-bond donors (Lipinski definition) is 0. The zero-order valence-corrected chi connectivity index (χ0v) is 9.16. The standard InChI is InChI=1S/C8H12N2OS2/c1-6(11)13-7-4-10(5-7)8-9-2-3-12-8/h7H,2-5H2,1H3. The van der Waals surface area contributed by atoms with E-state index >= 15 is 0 Å². The Kier molecular flexibility index (Phi) is 2.83. The van der Waals surface area contributed by atoms with Gasteiger partial charge in [0.25, 0.3) is 0 Å². The van der Waals surface area contributed by atoms with Gasteiger partial charge in [-0.05, 0) is 0 Å². The molecule has 2 rings (SSSR count). The average molecular weight is 216 g/mol. The number of likely N-dealkylation sites (tertiary alicyclic amines) is 1. The zero-order chi connectivity index (χ0) is 9.26. The fourth-order valence-electron chi connectivity index (χ4n) is 1.42. The molecule has 0 bridgehead atoms. The predicted octanol–water partition coefficient (Wildman–Crippen LogP) is 1.05. The first kappa shape index (κ1) is 9.40. The van der Waals surface area contributed by atoms with Crippen LogP contribution in [0.15, 0.2) is 4.99 Å². The van der Waals surface area contributed by atoms with Gasteiger partial charge in [0.1, 0.15) is 0 Å². The third-order valence-electron chi connectivity index (χ3n) is 2.02. The Morgan fingerprint density at radius 2 is 2.46 bits per heavy atom. The van der Waals surface area contributed by atoms with Gasteiger partial charge in [-0.3, -0.25) is 9.79 Å². The molecule has 0 radical (unpaired) electrons. The van der Waals surface area contributed by atoms with E-state index < -0.39 is 0 Å². The molecule has 0 N–H and O–H groups in total. The number of hydrogen-bond acceptors (Lipinski definition) is 5. The van der Waals surface area contributed by atoms with Crippen molar-refractivity contribution in [1.29, 1.82) is 0 Å². The van der Waals surface area contributed by atoms with E-state index in [1.54, 1.807) is 6.92 Å². The van der Waals surface area contributed by atoms with Gasteiger partial charge in [0, 0.05) is 31.0 Å². The molecule has 0 aromatic rings. The number of aliphatic imine (C=N–C) groups is 1. The average Bonchev–Trinajstić information content (AvgIpc) is 2.46. The summed E-state index contributed by atoms with van der Waals surface area (Å²) in [6.45, 7) is 4.59. The lowest BCUT2D eigenvalue weighted by Gasteiger charge is -2.39. The Morgan fingerprint density at radius 1 is 1.69 bits per heavy atom. The highest BCUT2D eigenvalue weighted by Crippen LogP contribution is 2.27. The van der Waals surface area contributed by atoms with Crippen LogP contribution in [0.1, 0.15) is 6.92 Å². The highest BCUT2D eigenvalue weighted by atomic mass is 32.2. The summed E-state index contributed by atoms with van der Waals surface area (Å²) in [5, 5.41) is 1.91. The molecule has 13 heavy (non-hydrogen) atoms. The van der Waals surface area contributed by atoms with E-state index in [9.17, 15) is 4.79 Å². The van der Waals surface area contributed by atoms with Crippen molar-refractivity contribution in [2.24, 2.45) is 4.99 Å². The molecule has 0 aromatic carbocycles. The van der Waals surface area contributed by atoms with Crippen molar-refractivity contribution in [2.45, 2.75) is 12.2 Å². The van der Waals surface area contributed by atoms with Crippen molar-refractivity contribution >= 4 is 33.8 Å². The number of thioether (sulfide) groups is 2. The fourth-order valence-corrected chi connectivity index (χ4v) is 3.28. The van der Waals surface area contributed by atoms with E-state index in [4.69, 9.17) is 0 Å². The molecule has 0 amide bonds. The lowest BCUT2D eigenvalue weighted by atomic mass is 10.2. The molecular formula is C8H12N2OS2. The maximum absolute atomic E-state index is 10.8. The second-order valence-corrected chi connectivity index (χ2v) is 5.69. The van der Waals surface area contributed by atoms with Crippen molar-refractivity contribution < 1.29 is 4.79 Å². The minimum Gasteiger partial charge on any atom is -0.349 e. The summed E-state index contributed by atoms with van der Waals surface area (Å²) < 4.78 is 0. The van der Waals surface area contributed by atoms with Crippen LogP contribution in [0, 0.1) is 0 Å². The first-order chi connectivity index (χ1) is 6.25. The maximum Gasteiger partial charge on any atom is 0.186 e.